The summed E-state index contributed by atoms with van der Waals surface area (Å²) >= 11 is 0. The molecule has 1 unspecified atom stereocenters. The highest BCUT2D eigenvalue weighted by Crippen LogP contribution is 2.19. The number of benzene rings is 2. The Balaban J connectivity index is 1.95. The maximum atomic E-state index is 12.5. The molecular formula is C20H24N2O2. The Morgan fingerprint density at radius 2 is 1.46 bits per heavy atom. The van der Waals surface area contributed by atoms with E-state index in [0.29, 0.717) is 6.54 Å². The van der Waals surface area contributed by atoms with Gasteiger partial charge in [-0.2, -0.15) is 0 Å². The van der Waals surface area contributed by atoms with Crippen molar-refractivity contribution in [1.29, 1.82) is 0 Å². The lowest BCUT2D eigenvalue weighted by atomic mass is 9.90. The van der Waals surface area contributed by atoms with Crippen LogP contribution in [-0.2, 0) is 16.1 Å². The molecule has 0 aliphatic heterocycles. The number of nitrogens with one attached hydrogen (secondary N) is 2. The number of carbonyl (C=O) groups is 2. The van der Waals surface area contributed by atoms with Crippen molar-refractivity contribution in [2.75, 3.05) is 0 Å². The molecule has 0 radical (unpaired) electrons. The highest BCUT2D eigenvalue weighted by molar-refractivity contribution is 6.04. The van der Waals surface area contributed by atoms with Crippen molar-refractivity contribution in [3.8, 4) is 0 Å². The van der Waals surface area contributed by atoms with Gasteiger partial charge in [0, 0.05) is 6.54 Å². The molecule has 2 aromatic rings. The summed E-state index contributed by atoms with van der Waals surface area (Å²) in [4.78, 5) is 25.0. The molecule has 24 heavy (non-hydrogen) atoms. The number of amides is 2. The van der Waals surface area contributed by atoms with Crippen molar-refractivity contribution in [3.05, 3.63) is 71.8 Å². The van der Waals surface area contributed by atoms with Crippen LogP contribution in [0.25, 0.3) is 0 Å². The molecule has 0 heterocycles. The third kappa shape index (κ3) is 4.44. The van der Waals surface area contributed by atoms with Gasteiger partial charge in [0.25, 0.3) is 0 Å². The van der Waals surface area contributed by atoms with Gasteiger partial charge in [-0.25, -0.2) is 0 Å². The molecule has 1 atom stereocenters. The monoisotopic (exact) mass is 324 g/mol. The standard InChI is InChI=1S/C20H24N2O2/c1-15(17-12-8-5-9-13-17)22-19(24)20(2,3)18(23)21-14-16-10-6-4-7-11-16/h4-13,15H,14H2,1-3H3,(H,21,23)(H,22,24). The number of hydrogen-bond acceptors (Lipinski definition) is 2. The first kappa shape index (κ1) is 17.7. The van der Waals surface area contributed by atoms with Crippen LogP contribution in [0, 0.1) is 5.41 Å². The van der Waals surface area contributed by atoms with Crippen LogP contribution in [0.15, 0.2) is 60.7 Å². The van der Waals surface area contributed by atoms with E-state index in [-0.39, 0.29) is 17.9 Å². The average molecular weight is 324 g/mol. The summed E-state index contributed by atoms with van der Waals surface area (Å²) in [7, 11) is 0. The summed E-state index contributed by atoms with van der Waals surface area (Å²) in [6, 6.07) is 19.2. The molecule has 0 saturated carbocycles. The third-order valence-corrected chi connectivity index (χ3v) is 4.08. The minimum absolute atomic E-state index is 0.153. The molecule has 2 aromatic carbocycles. The van der Waals surface area contributed by atoms with Crippen molar-refractivity contribution in [1.82, 2.24) is 10.6 Å². The second-order valence-electron chi connectivity index (χ2n) is 6.40. The fraction of sp³-hybridized carbons (Fsp3) is 0.300. The maximum Gasteiger partial charge on any atom is 0.235 e. The third-order valence-electron chi connectivity index (χ3n) is 4.08. The van der Waals surface area contributed by atoms with Gasteiger partial charge in [0.15, 0.2) is 0 Å². The molecule has 0 bridgehead atoms. The Morgan fingerprint density at radius 3 is 2.04 bits per heavy atom. The van der Waals surface area contributed by atoms with E-state index < -0.39 is 5.41 Å². The summed E-state index contributed by atoms with van der Waals surface area (Å²) in [5.74, 6) is -0.575. The van der Waals surface area contributed by atoms with Crippen molar-refractivity contribution >= 4 is 11.8 Å². The van der Waals surface area contributed by atoms with Crippen molar-refractivity contribution < 1.29 is 9.59 Å². The first-order chi connectivity index (χ1) is 11.4. The lowest BCUT2D eigenvalue weighted by molar-refractivity contribution is -0.141. The highest BCUT2D eigenvalue weighted by Gasteiger charge is 2.36. The molecule has 0 aliphatic rings. The van der Waals surface area contributed by atoms with Crippen LogP contribution in [0.4, 0.5) is 0 Å². The zero-order valence-corrected chi connectivity index (χ0v) is 14.4. The van der Waals surface area contributed by atoms with E-state index in [0.717, 1.165) is 11.1 Å². The van der Waals surface area contributed by atoms with Crippen LogP contribution < -0.4 is 10.6 Å². The molecule has 0 aliphatic carbocycles. The summed E-state index contributed by atoms with van der Waals surface area (Å²) in [5.41, 5.74) is 0.865. The zero-order chi connectivity index (χ0) is 17.6. The minimum Gasteiger partial charge on any atom is -0.351 e. The number of carbonyl (C=O) groups excluding carboxylic acids is 2. The highest BCUT2D eigenvalue weighted by atomic mass is 16.2. The summed E-state index contributed by atoms with van der Waals surface area (Å²) in [6.07, 6.45) is 0. The Kier molecular flexibility index (Phi) is 5.74. The average Bonchev–Trinajstić information content (AvgIpc) is 2.61. The molecular weight excluding hydrogens is 300 g/mol. The Hall–Kier alpha value is -2.62. The van der Waals surface area contributed by atoms with Gasteiger partial charge in [0.2, 0.25) is 11.8 Å². The van der Waals surface area contributed by atoms with Gasteiger partial charge >= 0.3 is 0 Å². The molecule has 0 spiro atoms. The van der Waals surface area contributed by atoms with Crippen LogP contribution in [0.3, 0.4) is 0 Å². The number of hydrogen-bond donors (Lipinski definition) is 2. The summed E-state index contributed by atoms with van der Waals surface area (Å²) < 4.78 is 0. The molecule has 2 N–H and O–H groups in total. The quantitative estimate of drug-likeness (QED) is 0.802. The lowest BCUT2D eigenvalue weighted by Crippen LogP contribution is -2.48. The first-order valence-corrected chi connectivity index (χ1v) is 8.09. The second kappa shape index (κ2) is 7.77. The molecule has 4 heteroatoms. The molecule has 0 saturated heterocycles. The van der Waals surface area contributed by atoms with Gasteiger partial charge in [-0.05, 0) is 31.9 Å². The van der Waals surface area contributed by atoms with Crippen LogP contribution in [0.1, 0.15) is 37.9 Å². The normalized spacial score (nSPS) is 12.3. The fourth-order valence-electron chi connectivity index (χ4n) is 2.30. The fourth-order valence-corrected chi connectivity index (χ4v) is 2.30. The first-order valence-electron chi connectivity index (χ1n) is 8.09. The van der Waals surface area contributed by atoms with E-state index in [1.54, 1.807) is 13.8 Å². The summed E-state index contributed by atoms with van der Waals surface area (Å²) in [6.45, 7) is 5.59. The molecule has 2 rings (SSSR count). The molecule has 0 aromatic heterocycles. The van der Waals surface area contributed by atoms with E-state index in [4.69, 9.17) is 0 Å². The van der Waals surface area contributed by atoms with Gasteiger partial charge in [-0.1, -0.05) is 60.7 Å². The van der Waals surface area contributed by atoms with Gasteiger partial charge < -0.3 is 10.6 Å². The molecule has 126 valence electrons. The number of rotatable bonds is 6. The van der Waals surface area contributed by atoms with Gasteiger partial charge in [-0.3, -0.25) is 9.59 Å². The van der Waals surface area contributed by atoms with E-state index in [2.05, 4.69) is 10.6 Å². The van der Waals surface area contributed by atoms with Crippen LogP contribution in [0.5, 0.6) is 0 Å². The maximum absolute atomic E-state index is 12.5. The van der Waals surface area contributed by atoms with Crippen molar-refractivity contribution in [3.63, 3.8) is 0 Å². The van der Waals surface area contributed by atoms with Crippen LogP contribution in [-0.4, -0.2) is 11.8 Å². The van der Waals surface area contributed by atoms with Gasteiger partial charge in [0.05, 0.1) is 6.04 Å². The van der Waals surface area contributed by atoms with Gasteiger partial charge in [0.1, 0.15) is 5.41 Å². The Morgan fingerprint density at radius 1 is 0.917 bits per heavy atom. The van der Waals surface area contributed by atoms with Crippen LogP contribution in [0.2, 0.25) is 0 Å². The lowest BCUT2D eigenvalue weighted by Gasteiger charge is -2.25. The van der Waals surface area contributed by atoms with E-state index in [9.17, 15) is 9.59 Å². The molecule has 0 fully saturated rings. The Labute approximate surface area is 143 Å². The summed E-state index contributed by atoms with van der Waals surface area (Å²) in [5, 5.41) is 5.75. The predicted octanol–water partition coefficient (Wildman–Crippen LogP) is 3.21. The predicted molar refractivity (Wildman–Crippen MR) is 95.1 cm³/mol. The SMILES string of the molecule is CC(NC(=O)C(C)(C)C(=O)NCc1ccccc1)c1ccccc1. The van der Waals surface area contributed by atoms with Crippen LogP contribution >= 0.6 is 0 Å². The largest absolute Gasteiger partial charge is 0.351 e. The van der Waals surface area contributed by atoms with E-state index in [1.165, 1.54) is 0 Å². The topological polar surface area (TPSA) is 58.2 Å². The Bertz CT molecular complexity index is 681. The van der Waals surface area contributed by atoms with Crippen molar-refractivity contribution in [2.45, 2.75) is 33.4 Å². The second-order valence-corrected chi connectivity index (χ2v) is 6.40. The molecule has 4 nitrogen and oxygen atoms in total. The van der Waals surface area contributed by atoms with E-state index >= 15 is 0 Å². The smallest absolute Gasteiger partial charge is 0.235 e. The molecule has 2 amide bonds. The minimum atomic E-state index is -1.14. The van der Waals surface area contributed by atoms with Gasteiger partial charge in [-0.15, -0.1) is 0 Å². The van der Waals surface area contributed by atoms with Crippen molar-refractivity contribution in [2.24, 2.45) is 5.41 Å². The zero-order valence-electron chi connectivity index (χ0n) is 14.4. The van der Waals surface area contributed by atoms with E-state index in [1.807, 2.05) is 67.6 Å².